The predicted molar refractivity (Wildman–Crippen MR) is 96.4 cm³/mol. The van der Waals surface area contributed by atoms with E-state index in [2.05, 4.69) is 10.1 Å². The molecule has 1 aliphatic carbocycles. The maximum Gasteiger partial charge on any atom is 0.422 e. The maximum absolute atomic E-state index is 13.9. The average molecular weight is 431 g/mol. The van der Waals surface area contributed by atoms with Crippen LogP contribution in [0, 0.1) is 17.5 Å². The molecule has 3 rings (SSSR count). The monoisotopic (exact) mass is 431 g/mol. The third kappa shape index (κ3) is 5.46. The number of amides is 1. The van der Waals surface area contributed by atoms with Crippen LogP contribution in [0.2, 0.25) is 0 Å². The quantitative estimate of drug-likeness (QED) is 0.601. The standard InChI is InChI=1S/C21H19F6NO2/c1-12(17-3-2-14(22)10-18(17)24)6-19(29)28-20(4-5-20)13-7-15(23)9-16(8-13)30-11-21(25,26)27/h2-3,7-10,12H,4-6,11H2,1H3,(H,28,29). The number of halogens is 6. The molecule has 2 aromatic carbocycles. The van der Waals surface area contributed by atoms with Gasteiger partial charge in [-0.25, -0.2) is 13.2 Å². The SMILES string of the molecule is CC(CC(=O)NC1(c2cc(F)cc(OCC(F)(F)F)c2)CC1)c1ccc(F)cc1F. The number of ether oxygens (including phenoxy) is 1. The Bertz CT molecular complexity index is 940. The van der Waals surface area contributed by atoms with E-state index in [0.29, 0.717) is 18.4 Å². The van der Waals surface area contributed by atoms with Crippen molar-refractivity contribution in [2.45, 2.75) is 43.8 Å². The van der Waals surface area contributed by atoms with Crippen LogP contribution in [-0.4, -0.2) is 18.7 Å². The number of carbonyl (C=O) groups is 1. The Morgan fingerprint density at radius 3 is 2.40 bits per heavy atom. The zero-order chi connectivity index (χ0) is 22.1. The van der Waals surface area contributed by atoms with Crippen molar-refractivity contribution in [3.05, 3.63) is 65.0 Å². The van der Waals surface area contributed by atoms with Crippen molar-refractivity contribution in [3.8, 4) is 5.75 Å². The largest absolute Gasteiger partial charge is 0.484 e. The fraction of sp³-hybridized carbons (Fsp3) is 0.381. The molecule has 2 aromatic rings. The molecule has 1 saturated carbocycles. The van der Waals surface area contributed by atoms with Gasteiger partial charge in [0.05, 0.1) is 5.54 Å². The summed E-state index contributed by atoms with van der Waals surface area (Å²) in [6, 6.07) is 6.35. The summed E-state index contributed by atoms with van der Waals surface area (Å²) in [6.45, 7) is 0.0523. The second kappa shape index (κ2) is 8.20. The molecular formula is C21H19F6NO2. The zero-order valence-corrected chi connectivity index (χ0v) is 16.0. The minimum atomic E-state index is -4.57. The maximum atomic E-state index is 13.9. The zero-order valence-electron chi connectivity index (χ0n) is 16.0. The Hall–Kier alpha value is -2.71. The van der Waals surface area contributed by atoms with Crippen LogP contribution >= 0.6 is 0 Å². The summed E-state index contributed by atoms with van der Waals surface area (Å²) in [5.74, 6) is -3.53. The van der Waals surface area contributed by atoms with Crippen molar-refractivity contribution in [2.24, 2.45) is 0 Å². The molecule has 1 unspecified atom stereocenters. The lowest BCUT2D eigenvalue weighted by molar-refractivity contribution is -0.153. The molecule has 0 saturated heterocycles. The molecule has 1 aliphatic rings. The number of hydrogen-bond donors (Lipinski definition) is 1. The number of hydrogen-bond acceptors (Lipinski definition) is 2. The fourth-order valence-corrected chi connectivity index (χ4v) is 3.31. The van der Waals surface area contributed by atoms with Crippen LogP contribution in [0.3, 0.4) is 0 Å². The highest BCUT2D eigenvalue weighted by atomic mass is 19.4. The molecule has 1 atom stereocenters. The molecule has 0 aromatic heterocycles. The van der Waals surface area contributed by atoms with E-state index in [1.807, 2.05) is 0 Å². The molecule has 1 N–H and O–H groups in total. The summed E-state index contributed by atoms with van der Waals surface area (Å²) in [7, 11) is 0. The van der Waals surface area contributed by atoms with Crippen molar-refractivity contribution in [3.63, 3.8) is 0 Å². The van der Waals surface area contributed by atoms with Crippen LogP contribution in [-0.2, 0) is 10.3 Å². The fourth-order valence-electron chi connectivity index (χ4n) is 3.31. The first-order valence-electron chi connectivity index (χ1n) is 9.24. The van der Waals surface area contributed by atoms with Crippen LogP contribution in [0.15, 0.2) is 36.4 Å². The summed E-state index contributed by atoms with van der Waals surface area (Å²) in [5.41, 5.74) is -0.421. The van der Waals surface area contributed by atoms with Crippen LogP contribution in [0.25, 0.3) is 0 Å². The minimum Gasteiger partial charge on any atom is -0.484 e. The first-order valence-corrected chi connectivity index (χ1v) is 9.24. The van der Waals surface area contributed by atoms with Gasteiger partial charge in [-0.2, -0.15) is 13.2 Å². The summed E-state index contributed by atoms with van der Waals surface area (Å²) >= 11 is 0. The van der Waals surface area contributed by atoms with Gasteiger partial charge in [-0.15, -0.1) is 0 Å². The molecule has 1 fully saturated rings. The van der Waals surface area contributed by atoms with E-state index in [9.17, 15) is 31.1 Å². The molecule has 0 radical (unpaired) electrons. The lowest BCUT2D eigenvalue weighted by Crippen LogP contribution is -2.35. The Labute approximate surface area is 169 Å². The molecule has 0 spiro atoms. The van der Waals surface area contributed by atoms with Crippen molar-refractivity contribution < 1.29 is 35.9 Å². The minimum absolute atomic E-state index is 0.100. The highest BCUT2D eigenvalue weighted by molar-refractivity contribution is 5.78. The van der Waals surface area contributed by atoms with Gasteiger partial charge in [0, 0.05) is 18.6 Å². The smallest absolute Gasteiger partial charge is 0.422 e. The lowest BCUT2D eigenvalue weighted by Gasteiger charge is -2.21. The Morgan fingerprint density at radius 1 is 1.10 bits per heavy atom. The van der Waals surface area contributed by atoms with Gasteiger partial charge in [0.1, 0.15) is 23.2 Å². The van der Waals surface area contributed by atoms with E-state index in [-0.39, 0.29) is 17.7 Å². The Morgan fingerprint density at radius 2 is 1.80 bits per heavy atom. The summed E-state index contributed by atoms with van der Waals surface area (Å²) < 4.78 is 82.5. The highest BCUT2D eigenvalue weighted by Crippen LogP contribution is 2.47. The summed E-state index contributed by atoms with van der Waals surface area (Å²) in [6.07, 6.45) is -3.72. The number of carbonyl (C=O) groups excluding carboxylic acids is 1. The van der Waals surface area contributed by atoms with Gasteiger partial charge in [-0.3, -0.25) is 4.79 Å². The first kappa shape index (κ1) is 22.0. The van der Waals surface area contributed by atoms with Crippen molar-refractivity contribution in [2.75, 3.05) is 6.61 Å². The van der Waals surface area contributed by atoms with Crippen LogP contribution in [0.5, 0.6) is 5.75 Å². The number of alkyl halides is 3. The molecule has 9 heteroatoms. The molecule has 162 valence electrons. The van der Waals surface area contributed by atoms with E-state index < -0.39 is 47.6 Å². The predicted octanol–water partition coefficient (Wildman–Crippen LogP) is 5.34. The van der Waals surface area contributed by atoms with E-state index in [1.165, 1.54) is 12.1 Å². The van der Waals surface area contributed by atoms with Gasteiger partial charge in [-0.05, 0) is 48.1 Å². The topological polar surface area (TPSA) is 38.3 Å². The van der Waals surface area contributed by atoms with Crippen LogP contribution in [0.1, 0.15) is 43.2 Å². The van der Waals surface area contributed by atoms with E-state index in [4.69, 9.17) is 0 Å². The van der Waals surface area contributed by atoms with Gasteiger partial charge in [-0.1, -0.05) is 13.0 Å². The van der Waals surface area contributed by atoms with Crippen LogP contribution < -0.4 is 10.1 Å². The summed E-state index contributed by atoms with van der Waals surface area (Å²) in [5, 5.41) is 2.76. The van der Waals surface area contributed by atoms with Gasteiger partial charge in [0.15, 0.2) is 6.61 Å². The van der Waals surface area contributed by atoms with Crippen molar-refractivity contribution in [1.82, 2.24) is 5.32 Å². The number of benzene rings is 2. The second-order valence-electron chi connectivity index (χ2n) is 7.48. The number of rotatable bonds is 7. The van der Waals surface area contributed by atoms with Gasteiger partial charge < -0.3 is 10.1 Å². The Kier molecular flexibility index (Phi) is 6.01. The molecule has 3 nitrogen and oxygen atoms in total. The Balaban J connectivity index is 1.69. The van der Waals surface area contributed by atoms with Crippen LogP contribution in [0.4, 0.5) is 26.3 Å². The van der Waals surface area contributed by atoms with Gasteiger partial charge in [0.25, 0.3) is 0 Å². The first-order chi connectivity index (χ1) is 14.0. The molecule has 0 bridgehead atoms. The lowest BCUT2D eigenvalue weighted by atomic mass is 9.96. The molecular weight excluding hydrogens is 412 g/mol. The van der Waals surface area contributed by atoms with Crippen molar-refractivity contribution in [1.29, 1.82) is 0 Å². The summed E-state index contributed by atoms with van der Waals surface area (Å²) in [4.78, 5) is 12.5. The number of nitrogens with one attached hydrogen (secondary N) is 1. The third-order valence-electron chi connectivity index (χ3n) is 4.94. The third-order valence-corrected chi connectivity index (χ3v) is 4.94. The second-order valence-corrected chi connectivity index (χ2v) is 7.48. The van der Waals surface area contributed by atoms with Gasteiger partial charge >= 0.3 is 6.18 Å². The van der Waals surface area contributed by atoms with E-state index in [0.717, 1.165) is 24.3 Å². The normalized spacial score (nSPS) is 16.1. The molecule has 30 heavy (non-hydrogen) atoms. The van der Waals surface area contributed by atoms with E-state index >= 15 is 0 Å². The average Bonchev–Trinajstić information content (AvgIpc) is 3.39. The van der Waals surface area contributed by atoms with Crippen molar-refractivity contribution >= 4 is 5.91 Å². The molecule has 0 aliphatic heterocycles. The molecule has 0 heterocycles. The highest BCUT2D eigenvalue weighted by Gasteiger charge is 2.46. The van der Waals surface area contributed by atoms with Gasteiger partial charge in [0.2, 0.25) is 5.91 Å². The molecule has 1 amide bonds. The van der Waals surface area contributed by atoms with E-state index in [1.54, 1.807) is 6.92 Å².